The zero-order valence-corrected chi connectivity index (χ0v) is 36.5. The van der Waals surface area contributed by atoms with Crippen molar-refractivity contribution in [3.63, 3.8) is 0 Å². The number of aldehydes is 2. The second-order valence-corrected chi connectivity index (χ2v) is 15.5. The summed E-state index contributed by atoms with van der Waals surface area (Å²) in [7, 11) is 10.9. The highest BCUT2D eigenvalue weighted by Crippen LogP contribution is 2.24. The number of carbonyl (C=O) groups is 4. The number of benzene rings is 1. The fourth-order valence-corrected chi connectivity index (χ4v) is 6.43. The van der Waals surface area contributed by atoms with Crippen molar-refractivity contribution in [2.45, 2.75) is 130 Å². The van der Waals surface area contributed by atoms with Gasteiger partial charge < -0.3 is 45.0 Å². The van der Waals surface area contributed by atoms with Crippen LogP contribution < -0.4 is 11.1 Å². The maximum Gasteiger partial charge on any atom is 0.235 e. The van der Waals surface area contributed by atoms with Crippen molar-refractivity contribution >= 4 is 24.4 Å². The predicted octanol–water partition coefficient (Wildman–Crippen LogP) is 4.83. The lowest BCUT2D eigenvalue weighted by atomic mass is 9.90. The third-order valence-corrected chi connectivity index (χ3v) is 10.1. The van der Waals surface area contributed by atoms with Gasteiger partial charge in [0.15, 0.2) is 0 Å². The lowest BCUT2D eigenvalue weighted by molar-refractivity contribution is -0.138. The summed E-state index contributed by atoms with van der Waals surface area (Å²) in [6, 6.07) is 10.2. The molecule has 54 heavy (non-hydrogen) atoms. The van der Waals surface area contributed by atoms with E-state index in [0.29, 0.717) is 43.3 Å². The summed E-state index contributed by atoms with van der Waals surface area (Å²) in [6.07, 6.45) is 4.24. The number of nitrogens with zero attached hydrogens (tertiary/aromatic N) is 3. The molecule has 1 fully saturated rings. The van der Waals surface area contributed by atoms with Crippen molar-refractivity contribution < 1.29 is 33.8 Å². The SMILES string of the molecule is CC(C)C(C(N)=O)N(C)C(C)C.CCC(C)C(C(CC=O)OC)N(C)C(=O)CC(C)C.CNCC(O)c1ccccc1.COC(C(C)C=O)C1CCN1C. The molecule has 1 aromatic rings. The van der Waals surface area contributed by atoms with Crippen LogP contribution in [0.5, 0.6) is 0 Å². The average Bonchev–Trinajstić information content (AvgIpc) is 3.12. The van der Waals surface area contributed by atoms with Crippen molar-refractivity contribution in [1.29, 1.82) is 0 Å². The predicted molar refractivity (Wildman–Crippen MR) is 220 cm³/mol. The number of aliphatic hydroxyl groups excluding tert-OH is 1. The fourth-order valence-electron chi connectivity index (χ4n) is 6.43. The van der Waals surface area contributed by atoms with E-state index < -0.39 is 0 Å². The van der Waals surface area contributed by atoms with Gasteiger partial charge in [-0.2, -0.15) is 0 Å². The topological polar surface area (TPSA) is 155 Å². The van der Waals surface area contributed by atoms with Gasteiger partial charge in [0.1, 0.15) is 12.6 Å². The summed E-state index contributed by atoms with van der Waals surface area (Å²) in [5.74, 6) is 0.790. The number of likely N-dealkylation sites (tertiary alicyclic amines) is 1. The number of methoxy groups -OCH3 is 2. The Kier molecular flexibility index (Phi) is 29.2. The van der Waals surface area contributed by atoms with Crippen LogP contribution in [-0.2, 0) is 28.7 Å². The number of amides is 2. The number of hydrogen-bond donors (Lipinski definition) is 3. The minimum Gasteiger partial charge on any atom is -0.387 e. The average molecular weight is 766 g/mol. The molecule has 0 saturated carbocycles. The normalized spacial score (nSPS) is 17.9. The zero-order valence-electron chi connectivity index (χ0n) is 36.5. The van der Waals surface area contributed by atoms with Crippen molar-refractivity contribution in [3.05, 3.63) is 35.9 Å². The van der Waals surface area contributed by atoms with E-state index in [2.05, 4.69) is 45.0 Å². The van der Waals surface area contributed by atoms with Crippen molar-refractivity contribution in [2.24, 2.45) is 29.4 Å². The molecule has 1 aliphatic heterocycles. The van der Waals surface area contributed by atoms with E-state index in [1.165, 1.54) is 0 Å². The molecular formula is C42H79N5O7. The summed E-state index contributed by atoms with van der Waals surface area (Å²) in [4.78, 5) is 50.6. The zero-order chi connectivity index (χ0) is 42.1. The number of aliphatic hydroxyl groups is 1. The number of primary amides is 1. The lowest BCUT2D eigenvalue weighted by Gasteiger charge is -2.43. The largest absolute Gasteiger partial charge is 0.387 e. The first-order valence-corrected chi connectivity index (χ1v) is 19.6. The van der Waals surface area contributed by atoms with Crippen LogP contribution in [-0.4, -0.2) is 136 Å². The Balaban J connectivity index is 0. The first-order valence-electron chi connectivity index (χ1n) is 19.6. The van der Waals surface area contributed by atoms with Gasteiger partial charge in [-0.1, -0.05) is 85.2 Å². The summed E-state index contributed by atoms with van der Waals surface area (Å²) in [5.41, 5.74) is 6.26. The molecule has 0 radical (unpaired) electrons. The van der Waals surface area contributed by atoms with E-state index in [0.717, 1.165) is 37.5 Å². The smallest absolute Gasteiger partial charge is 0.235 e. The van der Waals surface area contributed by atoms with Gasteiger partial charge in [0.05, 0.1) is 30.4 Å². The van der Waals surface area contributed by atoms with E-state index in [9.17, 15) is 24.3 Å². The third kappa shape index (κ3) is 19.7. The van der Waals surface area contributed by atoms with Crippen LogP contribution in [0.4, 0.5) is 0 Å². The quantitative estimate of drug-likeness (QED) is 0.157. The molecule has 0 bridgehead atoms. The van der Waals surface area contributed by atoms with Gasteiger partial charge in [-0.3, -0.25) is 14.5 Å². The monoisotopic (exact) mass is 766 g/mol. The molecule has 12 nitrogen and oxygen atoms in total. The molecular weight excluding hydrogens is 686 g/mol. The van der Waals surface area contributed by atoms with Gasteiger partial charge in [-0.15, -0.1) is 0 Å². The lowest BCUT2D eigenvalue weighted by Crippen LogP contribution is -2.54. The van der Waals surface area contributed by atoms with Crippen molar-refractivity contribution in [2.75, 3.05) is 55.5 Å². The summed E-state index contributed by atoms with van der Waals surface area (Å²) in [5, 5.41) is 12.4. The molecule has 8 atom stereocenters. The third-order valence-electron chi connectivity index (χ3n) is 10.1. The van der Waals surface area contributed by atoms with E-state index in [1.54, 1.807) is 19.1 Å². The molecule has 1 aliphatic rings. The van der Waals surface area contributed by atoms with Crippen LogP contribution in [0.3, 0.4) is 0 Å². The highest BCUT2D eigenvalue weighted by atomic mass is 16.5. The number of likely N-dealkylation sites (N-methyl/N-ethyl adjacent to an activating group) is 4. The molecule has 2 amide bonds. The molecule has 0 spiro atoms. The van der Waals surface area contributed by atoms with E-state index in [-0.39, 0.29) is 54.0 Å². The molecule has 8 unspecified atom stereocenters. The van der Waals surface area contributed by atoms with Gasteiger partial charge in [0, 0.05) is 58.7 Å². The maximum atomic E-state index is 12.2. The Morgan fingerprint density at radius 3 is 1.91 bits per heavy atom. The minimum absolute atomic E-state index is 0.00255. The molecule has 12 heteroatoms. The highest BCUT2D eigenvalue weighted by molar-refractivity contribution is 5.80. The Bertz CT molecular complexity index is 1140. The molecule has 0 aliphatic carbocycles. The Morgan fingerprint density at radius 1 is 1.02 bits per heavy atom. The number of nitrogens with two attached hydrogens (primary N) is 1. The first-order chi connectivity index (χ1) is 25.3. The van der Waals surface area contributed by atoms with Crippen LogP contribution >= 0.6 is 0 Å². The molecule has 1 heterocycles. The van der Waals surface area contributed by atoms with Crippen LogP contribution in [0, 0.1) is 23.7 Å². The van der Waals surface area contributed by atoms with Crippen LogP contribution in [0.2, 0.25) is 0 Å². The van der Waals surface area contributed by atoms with Gasteiger partial charge >= 0.3 is 0 Å². The molecule has 1 saturated heterocycles. The Morgan fingerprint density at radius 2 is 1.59 bits per heavy atom. The molecule has 1 aromatic carbocycles. The number of nitrogens with one attached hydrogen (secondary N) is 1. The number of ether oxygens (including phenoxy) is 2. The van der Waals surface area contributed by atoms with Crippen molar-refractivity contribution in [3.8, 4) is 0 Å². The summed E-state index contributed by atoms with van der Waals surface area (Å²) < 4.78 is 10.7. The van der Waals surface area contributed by atoms with Gasteiger partial charge in [0.2, 0.25) is 11.8 Å². The second kappa shape index (κ2) is 29.5. The number of rotatable bonds is 20. The van der Waals surface area contributed by atoms with Crippen molar-refractivity contribution in [1.82, 2.24) is 20.0 Å². The second-order valence-electron chi connectivity index (χ2n) is 15.5. The minimum atomic E-state index is -0.388. The van der Waals surface area contributed by atoms with Gasteiger partial charge in [0.25, 0.3) is 0 Å². The van der Waals surface area contributed by atoms with E-state index in [1.807, 2.05) is 91.0 Å². The van der Waals surface area contributed by atoms with Crippen LogP contribution in [0.25, 0.3) is 0 Å². The molecule has 314 valence electrons. The molecule has 2 rings (SSSR count). The first kappa shape index (κ1) is 53.4. The number of hydrogen-bond acceptors (Lipinski definition) is 10. The van der Waals surface area contributed by atoms with E-state index in [4.69, 9.17) is 15.2 Å². The Hall–Kier alpha value is -2.74. The van der Waals surface area contributed by atoms with Gasteiger partial charge in [-0.25, -0.2) is 0 Å². The highest BCUT2D eigenvalue weighted by Gasteiger charge is 2.35. The fraction of sp³-hybridized carbons (Fsp3) is 0.762. The summed E-state index contributed by atoms with van der Waals surface area (Å²) in [6.45, 7) is 20.0. The maximum absolute atomic E-state index is 12.2. The van der Waals surface area contributed by atoms with Gasteiger partial charge in [-0.05, 0) is 71.3 Å². The van der Waals surface area contributed by atoms with Crippen LogP contribution in [0.15, 0.2) is 30.3 Å². The molecule has 0 aromatic heterocycles. The number of carbonyl (C=O) groups excluding carboxylic acids is 4. The Labute approximate surface area is 328 Å². The van der Waals surface area contributed by atoms with Crippen LogP contribution in [0.1, 0.15) is 99.7 Å². The molecule has 4 N–H and O–H groups in total. The van der Waals surface area contributed by atoms with E-state index >= 15 is 0 Å². The standard InChI is InChI=1S/C15H29NO3.C9H20N2O.C9H17NO2.C9H13NO/c1-7-12(4)15(13(19-6)8-9-17)16(5)14(18)10-11(2)3;1-6(2)8(9(10)12)11(5)7(3)4;1-7(6-11)9(12-3)8-4-5-10(8)2;1-10-7-9(11)8-5-3-2-4-6-8/h9,11-13,15H,7-8,10H2,1-6H3;6-8H,1-5H3,(H2,10,12);6-9H,4-5H2,1-3H3;2-6,9-11H,7H2,1H3. The summed E-state index contributed by atoms with van der Waals surface area (Å²) >= 11 is 0.